The van der Waals surface area contributed by atoms with Crippen molar-refractivity contribution in [3.8, 4) is 5.75 Å². The first-order chi connectivity index (χ1) is 8.94. The van der Waals surface area contributed by atoms with Crippen LogP contribution in [0, 0.1) is 5.41 Å². The van der Waals surface area contributed by atoms with E-state index in [0.717, 1.165) is 0 Å². The molecule has 4 heteroatoms. The van der Waals surface area contributed by atoms with Crippen molar-refractivity contribution in [1.82, 2.24) is 4.90 Å². The van der Waals surface area contributed by atoms with E-state index in [2.05, 4.69) is 0 Å². The van der Waals surface area contributed by atoms with E-state index in [1.165, 1.54) is 0 Å². The van der Waals surface area contributed by atoms with Crippen LogP contribution in [0.1, 0.15) is 30.6 Å². The van der Waals surface area contributed by atoms with Crippen LogP contribution in [0.25, 0.3) is 0 Å². The van der Waals surface area contributed by atoms with Crippen LogP contribution >= 0.6 is 0 Å². The van der Waals surface area contributed by atoms with Crippen molar-refractivity contribution >= 4 is 11.7 Å². The molecule has 102 valence electrons. The summed E-state index contributed by atoms with van der Waals surface area (Å²) in [4.78, 5) is 25.9. The monoisotopic (exact) mass is 261 g/mol. The van der Waals surface area contributed by atoms with Gasteiger partial charge in [-0.1, -0.05) is 19.9 Å². The molecule has 0 spiro atoms. The van der Waals surface area contributed by atoms with Crippen molar-refractivity contribution in [3.63, 3.8) is 0 Å². The van der Waals surface area contributed by atoms with Gasteiger partial charge in [0.15, 0.2) is 0 Å². The SMILES string of the molecule is COc1cccc(C(=O)N2CCC(=O)C(C)(C)C2)c1. The molecule has 0 saturated carbocycles. The number of carbonyl (C=O) groups excluding carboxylic acids is 2. The maximum absolute atomic E-state index is 12.4. The summed E-state index contributed by atoms with van der Waals surface area (Å²) >= 11 is 0. The average molecular weight is 261 g/mol. The summed E-state index contributed by atoms with van der Waals surface area (Å²) in [7, 11) is 1.58. The van der Waals surface area contributed by atoms with Gasteiger partial charge in [0.2, 0.25) is 0 Å². The van der Waals surface area contributed by atoms with Gasteiger partial charge in [-0.2, -0.15) is 0 Å². The molecule has 1 aliphatic rings. The molecule has 0 bridgehead atoms. The quantitative estimate of drug-likeness (QED) is 0.819. The molecular formula is C15H19NO3. The zero-order chi connectivity index (χ0) is 14.0. The van der Waals surface area contributed by atoms with Gasteiger partial charge in [-0.25, -0.2) is 0 Å². The number of rotatable bonds is 2. The first-order valence-electron chi connectivity index (χ1n) is 6.41. The van der Waals surface area contributed by atoms with E-state index in [9.17, 15) is 9.59 Å². The molecule has 4 nitrogen and oxygen atoms in total. The number of nitrogens with zero attached hydrogens (tertiary/aromatic N) is 1. The summed E-state index contributed by atoms with van der Waals surface area (Å²) < 4.78 is 5.13. The zero-order valence-electron chi connectivity index (χ0n) is 11.6. The van der Waals surface area contributed by atoms with E-state index in [4.69, 9.17) is 4.74 Å². The lowest BCUT2D eigenvalue weighted by Gasteiger charge is -2.36. The summed E-state index contributed by atoms with van der Waals surface area (Å²) in [6.45, 7) is 4.75. The van der Waals surface area contributed by atoms with Gasteiger partial charge in [0.1, 0.15) is 11.5 Å². The Morgan fingerprint density at radius 1 is 1.37 bits per heavy atom. The second-order valence-corrected chi connectivity index (χ2v) is 5.52. The molecule has 2 rings (SSSR count). The van der Waals surface area contributed by atoms with Gasteiger partial charge in [0.05, 0.1) is 7.11 Å². The lowest BCUT2D eigenvalue weighted by atomic mass is 9.82. The van der Waals surface area contributed by atoms with Gasteiger partial charge in [0.25, 0.3) is 5.91 Å². The van der Waals surface area contributed by atoms with Crippen molar-refractivity contribution < 1.29 is 14.3 Å². The topological polar surface area (TPSA) is 46.6 Å². The highest BCUT2D eigenvalue weighted by molar-refractivity contribution is 5.96. The number of ketones is 1. The number of likely N-dealkylation sites (tertiary alicyclic amines) is 1. The molecule has 0 aromatic heterocycles. The molecule has 1 saturated heterocycles. The minimum atomic E-state index is -0.452. The fraction of sp³-hybridized carbons (Fsp3) is 0.467. The average Bonchev–Trinajstić information content (AvgIpc) is 2.41. The van der Waals surface area contributed by atoms with E-state index >= 15 is 0 Å². The van der Waals surface area contributed by atoms with Crippen LogP contribution in [-0.4, -0.2) is 36.8 Å². The Labute approximate surface area is 113 Å². The third-order valence-corrected chi connectivity index (χ3v) is 3.55. The molecule has 19 heavy (non-hydrogen) atoms. The van der Waals surface area contributed by atoms with E-state index in [1.807, 2.05) is 13.8 Å². The first kappa shape index (κ1) is 13.6. The summed E-state index contributed by atoms with van der Waals surface area (Å²) in [5, 5.41) is 0. The minimum absolute atomic E-state index is 0.0422. The van der Waals surface area contributed by atoms with Gasteiger partial charge < -0.3 is 9.64 Å². The number of carbonyl (C=O) groups is 2. The lowest BCUT2D eigenvalue weighted by molar-refractivity contribution is -0.130. The van der Waals surface area contributed by atoms with Crippen LogP contribution in [0.4, 0.5) is 0 Å². The molecule has 1 aliphatic heterocycles. The third kappa shape index (κ3) is 2.78. The molecule has 1 aromatic carbocycles. The summed E-state index contributed by atoms with van der Waals surface area (Å²) in [5.74, 6) is 0.847. The van der Waals surface area contributed by atoms with Gasteiger partial charge in [0, 0.05) is 30.5 Å². The number of amides is 1. The van der Waals surface area contributed by atoms with Crippen LogP contribution < -0.4 is 4.74 Å². The van der Waals surface area contributed by atoms with Crippen LogP contribution in [0.2, 0.25) is 0 Å². The van der Waals surface area contributed by atoms with E-state index < -0.39 is 5.41 Å². The van der Waals surface area contributed by atoms with Gasteiger partial charge in [-0.3, -0.25) is 9.59 Å². The van der Waals surface area contributed by atoms with Gasteiger partial charge in [-0.15, -0.1) is 0 Å². The second kappa shape index (κ2) is 5.03. The Bertz CT molecular complexity index is 508. The lowest BCUT2D eigenvalue weighted by Crippen LogP contribution is -2.48. The third-order valence-electron chi connectivity index (χ3n) is 3.55. The number of methoxy groups -OCH3 is 1. The van der Waals surface area contributed by atoms with E-state index in [1.54, 1.807) is 36.3 Å². The molecule has 0 radical (unpaired) electrons. The van der Waals surface area contributed by atoms with Gasteiger partial charge >= 0.3 is 0 Å². The summed E-state index contributed by atoms with van der Waals surface area (Å²) in [6, 6.07) is 7.10. The smallest absolute Gasteiger partial charge is 0.254 e. The van der Waals surface area contributed by atoms with Gasteiger partial charge in [-0.05, 0) is 18.2 Å². The summed E-state index contributed by atoms with van der Waals surface area (Å²) in [6.07, 6.45) is 0.433. The Kier molecular flexibility index (Phi) is 3.60. The number of hydrogen-bond donors (Lipinski definition) is 0. The fourth-order valence-electron chi connectivity index (χ4n) is 2.33. The normalized spacial score (nSPS) is 18.3. The second-order valence-electron chi connectivity index (χ2n) is 5.52. The number of ether oxygens (including phenoxy) is 1. The van der Waals surface area contributed by atoms with Crippen LogP contribution in [0.5, 0.6) is 5.75 Å². The van der Waals surface area contributed by atoms with E-state index in [0.29, 0.717) is 30.8 Å². The standard InChI is InChI=1S/C15H19NO3/c1-15(2)10-16(8-7-13(15)17)14(18)11-5-4-6-12(9-11)19-3/h4-6,9H,7-8,10H2,1-3H3. The Balaban J connectivity index is 2.18. The van der Waals surface area contributed by atoms with Crippen LogP contribution in [-0.2, 0) is 4.79 Å². The van der Waals surface area contributed by atoms with Crippen molar-refractivity contribution in [2.45, 2.75) is 20.3 Å². The largest absolute Gasteiger partial charge is 0.497 e. The molecule has 1 heterocycles. The molecule has 0 unspecified atom stereocenters. The Morgan fingerprint density at radius 3 is 2.74 bits per heavy atom. The molecule has 0 aliphatic carbocycles. The van der Waals surface area contributed by atoms with Crippen molar-refractivity contribution in [2.24, 2.45) is 5.41 Å². The maximum atomic E-state index is 12.4. The van der Waals surface area contributed by atoms with Crippen LogP contribution in [0.3, 0.4) is 0 Å². The zero-order valence-corrected chi connectivity index (χ0v) is 11.6. The van der Waals surface area contributed by atoms with E-state index in [-0.39, 0.29) is 11.7 Å². The predicted octanol–water partition coefficient (Wildman–Crippen LogP) is 2.14. The molecular weight excluding hydrogens is 242 g/mol. The number of piperidine rings is 1. The Morgan fingerprint density at radius 2 is 2.11 bits per heavy atom. The van der Waals surface area contributed by atoms with Crippen molar-refractivity contribution in [1.29, 1.82) is 0 Å². The predicted molar refractivity (Wildman–Crippen MR) is 72.3 cm³/mol. The molecule has 0 N–H and O–H groups in total. The number of benzene rings is 1. The molecule has 1 amide bonds. The number of Topliss-reactive ketones (excluding diaryl/α,β-unsaturated/α-hetero) is 1. The minimum Gasteiger partial charge on any atom is -0.497 e. The maximum Gasteiger partial charge on any atom is 0.254 e. The van der Waals surface area contributed by atoms with Crippen molar-refractivity contribution in [2.75, 3.05) is 20.2 Å². The highest BCUT2D eigenvalue weighted by Gasteiger charge is 2.36. The highest BCUT2D eigenvalue weighted by atomic mass is 16.5. The van der Waals surface area contributed by atoms with Crippen molar-refractivity contribution in [3.05, 3.63) is 29.8 Å². The highest BCUT2D eigenvalue weighted by Crippen LogP contribution is 2.26. The van der Waals surface area contributed by atoms with Crippen LogP contribution in [0.15, 0.2) is 24.3 Å². The Hall–Kier alpha value is -1.84. The molecule has 1 fully saturated rings. The first-order valence-corrected chi connectivity index (χ1v) is 6.41. The molecule has 0 atom stereocenters. The fourth-order valence-corrected chi connectivity index (χ4v) is 2.33. The molecule has 1 aromatic rings. The summed E-state index contributed by atoms with van der Waals surface area (Å²) in [5.41, 5.74) is 0.150. The number of hydrogen-bond acceptors (Lipinski definition) is 3.